The number of aliphatic hydroxyl groups is 1. The number of anilines is 1. The molecular formula is C12H13F3N2O4. The lowest BCUT2D eigenvalue weighted by Crippen LogP contribution is -2.40. The van der Waals surface area contributed by atoms with Gasteiger partial charge >= 0.3 is 12.0 Å². The number of halogens is 3. The van der Waals surface area contributed by atoms with E-state index in [1.54, 1.807) is 0 Å². The highest BCUT2D eigenvalue weighted by Crippen LogP contribution is 2.17. The van der Waals surface area contributed by atoms with Crippen LogP contribution in [0.15, 0.2) is 18.2 Å². The first kappa shape index (κ1) is 16.8. The average Bonchev–Trinajstić information content (AvgIpc) is 2.40. The number of urea groups is 1. The third-order valence-corrected chi connectivity index (χ3v) is 2.47. The Bertz CT molecular complexity index is 525. The van der Waals surface area contributed by atoms with Crippen LogP contribution in [0.25, 0.3) is 0 Å². The van der Waals surface area contributed by atoms with Gasteiger partial charge in [-0.1, -0.05) is 0 Å². The summed E-state index contributed by atoms with van der Waals surface area (Å²) in [5.74, 6) is -2.24. The summed E-state index contributed by atoms with van der Waals surface area (Å²) in [5.41, 5.74) is -0.716. The van der Waals surface area contributed by atoms with Crippen molar-refractivity contribution in [2.75, 3.05) is 25.0 Å². The smallest absolute Gasteiger partial charge is 0.335 e. The van der Waals surface area contributed by atoms with Gasteiger partial charge in [0.1, 0.15) is 5.82 Å². The summed E-state index contributed by atoms with van der Waals surface area (Å²) in [6.45, 7) is -1.85. The molecule has 0 aliphatic rings. The quantitative estimate of drug-likeness (QED) is 0.745. The summed E-state index contributed by atoms with van der Waals surface area (Å²) < 4.78 is 38.1. The second-order valence-electron chi connectivity index (χ2n) is 3.99. The van der Waals surface area contributed by atoms with Crippen LogP contribution in [-0.2, 0) is 0 Å². The van der Waals surface area contributed by atoms with E-state index in [0.29, 0.717) is 4.90 Å². The van der Waals surface area contributed by atoms with Gasteiger partial charge in [0.05, 0.1) is 24.4 Å². The van der Waals surface area contributed by atoms with E-state index in [-0.39, 0.29) is 12.1 Å². The lowest BCUT2D eigenvalue weighted by Gasteiger charge is -2.21. The summed E-state index contributed by atoms with van der Waals surface area (Å²) in [5, 5.41) is 19.5. The molecule has 0 aliphatic heterocycles. The van der Waals surface area contributed by atoms with Gasteiger partial charge in [-0.15, -0.1) is 0 Å². The van der Waals surface area contributed by atoms with Crippen LogP contribution in [-0.4, -0.2) is 53.2 Å². The van der Waals surface area contributed by atoms with Crippen LogP contribution < -0.4 is 5.32 Å². The Kier molecular flexibility index (Phi) is 5.97. The molecule has 9 heteroatoms. The van der Waals surface area contributed by atoms with Gasteiger partial charge in [-0.05, 0) is 18.2 Å². The van der Waals surface area contributed by atoms with Gasteiger partial charge < -0.3 is 20.4 Å². The monoisotopic (exact) mass is 306 g/mol. The Morgan fingerprint density at radius 1 is 1.33 bits per heavy atom. The van der Waals surface area contributed by atoms with E-state index in [4.69, 9.17) is 10.2 Å². The van der Waals surface area contributed by atoms with Crippen molar-refractivity contribution in [2.45, 2.75) is 6.43 Å². The molecule has 0 fully saturated rings. The highest BCUT2D eigenvalue weighted by atomic mass is 19.3. The Morgan fingerprint density at radius 2 is 2.00 bits per heavy atom. The number of aliphatic hydroxyl groups excluding tert-OH is 1. The van der Waals surface area contributed by atoms with Crippen molar-refractivity contribution in [1.29, 1.82) is 0 Å². The number of aromatic carboxylic acids is 1. The molecule has 21 heavy (non-hydrogen) atoms. The molecule has 0 saturated carbocycles. The lowest BCUT2D eigenvalue weighted by molar-refractivity contribution is 0.0696. The summed E-state index contributed by atoms with van der Waals surface area (Å²) >= 11 is 0. The lowest BCUT2D eigenvalue weighted by atomic mass is 10.2. The molecule has 2 amide bonds. The number of rotatable bonds is 6. The molecule has 1 aromatic rings. The molecule has 0 saturated heterocycles. The van der Waals surface area contributed by atoms with Crippen molar-refractivity contribution in [3.05, 3.63) is 29.6 Å². The van der Waals surface area contributed by atoms with Gasteiger partial charge in [0.2, 0.25) is 0 Å². The minimum Gasteiger partial charge on any atom is -0.478 e. The number of carbonyl (C=O) groups excluding carboxylic acids is 1. The number of benzene rings is 1. The highest BCUT2D eigenvalue weighted by Gasteiger charge is 2.19. The van der Waals surface area contributed by atoms with Gasteiger partial charge in [-0.25, -0.2) is 22.8 Å². The summed E-state index contributed by atoms with van der Waals surface area (Å²) in [7, 11) is 0. The Morgan fingerprint density at radius 3 is 2.52 bits per heavy atom. The number of alkyl halides is 2. The van der Waals surface area contributed by atoms with Crippen LogP contribution in [0.2, 0.25) is 0 Å². The Labute approximate surface area is 117 Å². The normalized spacial score (nSPS) is 10.5. The molecule has 0 heterocycles. The van der Waals surface area contributed by atoms with Crippen molar-refractivity contribution in [2.24, 2.45) is 0 Å². The number of nitrogens with one attached hydrogen (secondary N) is 1. The minimum atomic E-state index is -2.82. The van der Waals surface area contributed by atoms with Crippen LogP contribution in [0, 0.1) is 5.82 Å². The predicted molar refractivity (Wildman–Crippen MR) is 67.0 cm³/mol. The average molecular weight is 306 g/mol. The number of hydrogen-bond donors (Lipinski definition) is 3. The van der Waals surface area contributed by atoms with Crippen molar-refractivity contribution < 1.29 is 33.0 Å². The van der Waals surface area contributed by atoms with E-state index in [9.17, 15) is 22.8 Å². The SMILES string of the molecule is O=C(O)c1ccc(F)c(NC(=O)N(CCO)CC(F)F)c1. The van der Waals surface area contributed by atoms with Crippen LogP contribution >= 0.6 is 0 Å². The fraction of sp³-hybridized carbons (Fsp3) is 0.333. The fourth-order valence-electron chi connectivity index (χ4n) is 1.51. The number of hydrogen-bond acceptors (Lipinski definition) is 3. The summed E-state index contributed by atoms with van der Waals surface area (Å²) in [4.78, 5) is 23.1. The molecule has 6 nitrogen and oxygen atoms in total. The maximum atomic E-state index is 13.5. The Balaban J connectivity index is 2.89. The third-order valence-electron chi connectivity index (χ3n) is 2.47. The van der Waals surface area contributed by atoms with Gasteiger partial charge in [0.25, 0.3) is 6.43 Å². The third kappa shape index (κ3) is 4.95. The van der Waals surface area contributed by atoms with Crippen molar-refractivity contribution in [1.82, 2.24) is 4.90 Å². The van der Waals surface area contributed by atoms with E-state index in [1.807, 2.05) is 5.32 Å². The van der Waals surface area contributed by atoms with Crippen LogP contribution in [0.5, 0.6) is 0 Å². The molecule has 0 bridgehead atoms. The molecule has 0 radical (unpaired) electrons. The van der Waals surface area contributed by atoms with E-state index in [2.05, 4.69) is 0 Å². The van der Waals surface area contributed by atoms with E-state index in [1.165, 1.54) is 0 Å². The number of carboxylic acids is 1. The van der Waals surface area contributed by atoms with Crippen LogP contribution in [0.4, 0.5) is 23.7 Å². The van der Waals surface area contributed by atoms with Crippen molar-refractivity contribution in [3.8, 4) is 0 Å². The van der Waals surface area contributed by atoms with E-state index < -0.39 is 43.1 Å². The molecule has 0 aliphatic carbocycles. The second-order valence-corrected chi connectivity index (χ2v) is 3.99. The molecule has 0 unspecified atom stereocenters. The van der Waals surface area contributed by atoms with Gasteiger partial charge in [-0.2, -0.15) is 0 Å². The number of carbonyl (C=O) groups is 2. The summed E-state index contributed by atoms with van der Waals surface area (Å²) in [6.07, 6.45) is -2.82. The molecule has 3 N–H and O–H groups in total. The van der Waals surface area contributed by atoms with Gasteiger partial charge in [0, 0.05) is 6.54 Å². The zero-order valence-electron chi connectivity index (χ0n) is 10.7. The fourth-order valence-corrected chi connectivity index (χ4v) is 1.51. The standard InChI is InChI=1S/C12H13F3N2O4/c13-8-2-1-7(11(19)20)5-9(8)16-12(21)17(3-4-18)6-10(14)15/h1-2,5,10,18H,3-4,6H2,(H,16,21)(H,19,20). The maximum absolute atomic E-state index is 13.5. The summed E-state index contributed by atoms with van der Waals surface area (Å²) in [6, 6.07) is 1.64. The first-order chi connectivity index (χ1) is 9.85. The molecule has 0 aromatic heterocycles. The minimum absolute atomic E-state index is 0.269. The van der Waals surface area contributed by atoms with Crippen molar-refractivity contribution in [3.63, 3.8) is 0 Å². The largest absolute Gasteiger partial charge is 0.478 e. The first-order valence-corrected chi connectivity index (χ1v) is 5.83. The molecule has 0 atom stereocenters. The van der Waals surface area contributed by atoms with Gasteiger partial charge in [-0.3, -0.25) is 0 Å². The molecule has 1 aromatic carbocycles. The van der Waals surface area contributed by atoms with E-state index >= 15 is 0 Å². The first-order valence-electron chi connectivity index (χ1n) is 5.83. The zero-order valence-corrected chi connectivity index (χ0v) is 10.7. The second kappa shape index (κ2) is 7.48. The number of nitrogens with zero attached hydrogens (tertiary/aromatic N) is 1. The highest BCUT2D eigenvalue weighted by molar-refractivity contribution is 5.93. The van der Waals surface area contributed by atoms with E-state index in [0.717, 1.165) is 18.2 Å². The molecule has 1 rings (SSSR count). The topological polar surface area (TPSA) is 89.9 Å². The molecular weight excluding hydrogens is 293 g/mol. The van der Waals surface area contributed by atoms with Crippen LogP contribution in [0.1, 0.15) is 10.4 Å². The van der Waals surface area contributed by atoms with Crippen molar-refractivity contribution >= 4 is 17.7 Å². The zero-order chi connectivity index (χ0) is 16.0. The molecule has 116 valence electrons. The number of carboxylic acid groups (broad SMARTS) is 1. The predicted octanol–water partition coefficient (Wildman–Crippen LogP) is 1.62. The Hall–Kier alpha value is -2.29. The molecule has 0 spiro atoms. The maximum Gasteiger partial charge on any atom is 0.335 e. The van der Waals surface area contributed by atoms with Gasteiger partial charge in [0.15, 0.2) is 0 Å². The number of amides is 2. The van der Waals surface area contributed by atoms with Crippen LogP contribution in [0.3, 0.4) is 0 Å².